The number of rotatable bonds is 2. The highest BCUT2D eigenvalue weighted by Crippen LogP contribution is 2.47. The highest BCUT2D eigenvalue weighted by molar-refractivity contribution is 5.80. The maximum Gasteiger partial charge on any atom is 0.225 e. The number of carbonyl (C=O) groups excluding carboxylic acids is 1. The van der Waals surface area contributed by atoms with E-state index in [1.807, 2.05) is 0 Å². The van der Waals surface area contributed by atoms with E-state index in [4.69, 9.17) is 10.5 Å². The molecule has 2 aliphatic carbocycles. The zero-order valence-electron chi connectivity index (χ0n) is 10.7. The van der Waals surface area contributed by atoms with E-state index in [2.05, 4.69) is 5.32 Å². The SMILES string of the molecule is NC1C2CCC(C2)C1C(=O)NC1CC2CCC1O2. The highest BCUT2D eigenvalue weighted by Gasteiger charge is 2.50. The summed E-state index contributed by atoms with van der Waals surface area (Å²) in [6, 6.07) is 0.353. The molecule has 4 rings (SSSR count). The first kappa shape index (κ1) is 11.2. The summed E-state index contributed by atoms with van der Waals surface area (Å²) in [5, 5.41) is 3.22. The summed E-state index contributed by atoms with van der Waals surface area (Å²) in [6.07, 6.45) is 7.56. The van der Waals surface area contributed by atoms with E-state index in [1.165, 1.54) is 25.7 Å². The number of ether oxygens (including phenoxy) is 1. The molecule has 1 amide bonds. The lowest BCUT2D eigenvalue weighted by atomic mass is 9.84. The third kappa shape index (κ3) is 1.55. The summed E-state index contributed by atoms with van der Waals surface area (Å²) in [5.41, 5.74) is 6.22. The number of nitrogens with one attached hydrogen (secondary N) is 1. The Morgan fingerprint density at radius 2 is 1.94 bits per heavy atom. The number of hydrogen-bond donors (Lipinski definition) is 2. The number of hydrogen-bond acceptors (Lipinski definition) is 3. The molecule has 2 heterocycles. The van der Waals surface area contributed by atoms with E-state index in [9.17, 15) is 4.79 Å². The standard InChI is InChI=1S/C14H22N2O2/c15-13-8-2-1-7(5-8)12(13)14(17)16-10-6-9-3-4-11(10)18-9/h7-13H,1-6,15H2,(H,16,17). The van der Waals surface area contributed by atoms with Gasteiger partial charge in [-0.3, -0.25) is 4.79 Å². The third-order valence-electron chi connectivity index (χ3n) is 5.72. The van der Waals surface area contributed by atoms with Crippen molar-refractivity contribution in [1.82, 2.24) is 5.32 Å². The molecule has 4 bridgehead atoms. The lowest BCUT2D eigenvalue weighted by molar-refractivity contribution is -0.128. The Bertz CT molecular complexity index is 371. The van der Waals surface area contributed by atoms with Crippen LogP contribution in [0.2, 0.25) is 0 Å². The first-order valence-corrected chi connectivity index (χ1v) is 7.44. The van der Waals surface area contributed by atoms with Crippen LogP contribution in [0.4, 0.5) is 0 Å². The van der Waals surface area contributed by atoms with Gasteiger partial charge in [0.15, 0.2) is 0 Å². The molecule has 0 radical (unpaired) electrons. The van der Waals surface area contributed by atoms with Gasteiger partial charge in [-0.2, -0.15) is 0 Å². The number of fused-ring (bicyclic) bond motifs is 4. The molecule has 0 aromatic carbocycles. The van der Waals surface area contributed by atoms with Crippen molar-refractivity contribution in [1.29, 1.82) is 0 Å². The second-order valence-corrected chi connectivity index (χ2v) is 6.66. The van der Waals surface area contributed by atoms with Gasteiger partial charge in [-0.05, 0) is 50.4 Å². The van der Waals surface area contributed by atoms with Crippen LogP contribution in [0.5, 0.6) is 0 Å². The minimum atomic E-state index is 0.0721. The van der Waals surface area contributed by atoms with Crippen molar-refractivity contribution in [2.45, 2.75) is 62.8 Å². The van der Waals surface area contributed by atoms with Crippen LogP contribution in [0.15, 0.2) is 0 Å². The average molecular weight is 250 g/mol. The van der Waals surface area contributed by atoms with Crippen molar-refractivity contribution in [2.75, 3.05) is 0 Å². The minimum Gasteiger partial charge on any atom is -0.373 e. The molecule has 4 heteroatoms. The van der Waals surface area contributed by atoms with Gasteiger partial charge < -0.3 is 15.8 Å². The zero-order chi connectivity index (χ0) is 12.3. The molecule has 0 aromatic rings. The van der Waals surface area contributed by atoms with Crippen molar-refractivity contribution in [3.8, 4) is 0 Å². The van der Waals surface area contributed by atoms with Crippen LogP contribution in [-0.2, 0) is 9.53 Å². The van der Waals surface area contributed by atoms with Crippen LogP contribution in [0.3, 0.4) is 0 Å². The minimum absolute atomic E-state index is 0.0721. The van der Waals surface area contributed by atoms with Gasteiger partial charge in [0.05, 0.1) is 24.2 Å². The maximum atomic E-state index is 12.4. The normalized spacial score (nSPS) is 53.1. The quantitative estimate of drug-likeness (QED) is 0.762. The Labute approximate surface area is 108 Å². The smallest absolute Gasteiger partial charge is 0.225 e. The Hall–Kier alpha value is -0.610. The fraction of sp³-hybridized carbons (Fsp3) is 0.929. The molecule has 2 saturated heterocycles. The average Bonchev–Trinajstić information content (AvgIpc) is 3.07. The topological polar surface area (TPSA) is 64.4 Å². The maximum absolute atomic E-state index is 12.4. The van der Waals surface area contributed by atoms with E-state index in [-0.39, 0.29) is 30.0 Å². The molecule has 4 fully saturated rings. The predicted octanol–water partition coefficient (Wildman–Crippen LogP) is 0.796. The van der Waals surface area contributed by atoms with Crippen LogP contribution in [0.25, 0.3) is 0 Å². The van der Waals surface area contributed by atoms with Gasteiger partial charge in [0.2, 0.25) is 5.91 Å². The van der Waals surface area contributed by atoms with Crippen LogP contribution in [-0.4, -0.2) is 30.2 Å². The summed E-state index contributed by atoms with van der Waals surface area (Å²) in [7, 11) is 0. The van der Waals surface area contributed by atoms with E-state index in [1.54, 1.807) is 0 Å². The predicted molar refractivity (Wildman–Crippen MR) is 66.7 cm³/mol. The summed E-state index contributed by atoms with van der Waals surface area (Å²) in [6.45, 7) is 0. The Balaban J connectivity index is 1.42. The van der Waals surface area contributed by atoms with Crippen LogP contribution in [0, 0.1) is 17.8 Å². The molecule has 100 valence electrons. The molecule has 4 nitrogen and oxygen atoms in total. The van der Waals surface area contributed by atoms with Gasteiger partial charge in [0, 0.05) is 6.04 Å². The second kappa shape index (κ2) is 3.94. The fourth-order valence-electron chi connectivity index (χ4n) is 4.79. The molecule has 4 aliphatic rings. The Morgan fingerprint density at radius 1 is 1.11 bits per heavy atom. The number of nitrogens with two attached hydrogens (primary N) is 1. The molecule has 3 N–H and O–H groups in total. The molecular weight excluding hydrogens is 228 g/mol. The van der Waals surface area contributed by atoms with Crippen LogP contribution < -0.4 is 11.1 Å². The van der Waals surface area contributed by atoms with E-state index in [0.29, 0.717) is 17.9 Å². The molecule has 2 aliphatic heterocycles. The summed E-state index contributed by atoms with van der Waals surface area (Å²) in [5.74, 6) is 1.42. The highest BCUT2D eigenvalue weighted by atomic mass is 16.5. The van der Waals surface area contributed by atoms with Crippen molar-refractivity contribution in [3.63, 3.8) is 0 Å². The molecular formula is C14H22N2O2. The first-order valence-electron chi connectivity index (χ1n) is 7.44. The third-order valence-corrected chi connectivity index (χ3v) is 5.72. The second-order valence-electron chi connectivity index (χ2n) is 6.66. The lowest BCUT2D eigenvalue weighted by Gasteiger charge is -2.29. The molecule has 7 atom stereocenters. The number of amides is 1. The van der Waals surface area contributed by atoms with Gasteiger partial charge in [0.25, 0.3) is 0 Å². The van der Waals surface area contributed by atoms with E-state index < -0.39 is 0 Å². The van der Waals surface area contributed by atoms with Crippen LogP contribution in [0.1, 0.15) is 38.5 Å². The van der Waals surface area contributed by atoms with Crippen LogP contribution >= 0.6 is 0 Å². The first-order chi connectivity index (χ1) is 8.72. The van der Waals surface area contributed by atoms with Crippen molar-refractivity contribution in [2.24, 2.45) is 23.5 Å². The van der Waals surface area contributed by atoms with E-state index >= 15 is 0 Å². The fourth-order valence-corrected chi connectivity index (χ4v) is 4.79. The lowest BCUT2D eigenvalue weighted by Crippen LogP contribution is -2.50. The summed E-state index contributed by atoms with van der Waals surface area (Å²) >= 11 is 0. The van der Waals surface area contributed by atoms with Crippen molar-refractivity contribution < 1.29 is 9.53 Å². The molecule has 0 spiro atoms. The Kier molecular flexibility index (Phi) is 2.46. The van der Waals surface area contributed by atoms with Gasteiger partial charge >= 0.3 is 0 Å². The molecule has 2 saturated carbocycles. The zero-order valence-corrected chi connectivity index (χ0v) is 10.7. The summed E-state index contributed by atoms with van der Waals surface area (Å²) in [4.78, 5) is 12.4. The Morgan fingerprint density at radius 3 is 2.56 bits per heavy atom. The molecule has 18 heavy (non-hydrogen) atoms. The van der Waals surface area contributed by atoms with Crippen molar-refractivity contribution >= 4 is 5.91 Å². The van der Waals surface area contributed by atoms with Gasteiger partial charge in [0.1, 0.15) is 0 Å². The van der Waals surface area contributed by atoms with Gasteiger partial charge in [-0.1, -0.05) is 0 Å². The molecule has 0 aromatic heterocycles. The summed E-state index contributed by atoms with van der Waals surface area (Å²) < 4.78 is 5.79. The van der Waals surface area contributed by atoms with Gasteiger partial charge in [-0.15, -0.1) is 0 Å². The van der Waals surface area contributed by atoms with Gasteiger partial charge in [-0.25, -0.2) is 0 Å². The largest absolute Gasteiger partial charge is 0.373 e. The van der Waals surface area contributed by atoms with E-state index in [0.717, 1.165) is 12.8 Å². The number of carbonyl (C=O) groups is 1. The van der Waals surface area contributed by atoms with Crippen molar-refractivity contribution in [3.05, 3.63) is 0 Å². The monoisotopic (exact) mass is 250 g/mol. The molecule has 7 unspecified atom stereocenters.